The van der Waals surface area contributed by atoms with Crippen molar-refractivity contribution >= 4 is 22.8 Å². The Bertz CT molecular complexity index is 540. The number of carbonyl (C=O) groups is 2. The average molecular weight is 233 g/mol. The highest BCUT2D eigenvalue weighted by molar-refractivity contribution is 5.94. The van der Waals surface area contributed by atoms with Gasteiger partial charge < -0.3 is 14.9 Å². The Labute approximate surface area is 97.1 Å². The third-order valence-electron chi connectivity index (χ3n) is 2.31. The molecule has 1 aromatic heterocycles. The van der Waals surface area contributed by atoms with Crippen LogP contribution in [0.4, 0.5) is 0 Å². The van der Waals surface area contributed by atoms with Crippen LogP contribution in [0.1, 0.15) is 17.5 Å². The molecule has 5 heteroatoms. The van der Waals surface area contributed by atoms with Crippen LogP contribution in [0.15, 0.2) is 34.7 Å². The number of para-hydroxylation sites is 1. The van der Waals surface area contributed by atoms with E-state index in [4.69, 9.17) is 14.9 Å². The first-order chi connectivity index (χ1) is 8.08. The lowest BCUT2D eigenvalue weighted by molar-refractivity contribution is -0.125. The number of rotatable bonds is 3. The Kier molecular flexibility index (Phi) is 2.82. The van der Waals surface area contributed by atoms with Gasteiger partial charge in [0.2, 0.25) is 5.76 Å². The van der Waals surface area contributed by atoms with Gasteiger partial charge in [-0.2, -0.15) is 0 Å². The normalized spacial score (nSPS) is 12.3. The average Bonchev–Trinajstić information content (AvgIpc) is 2.72. The van der Waals surface area contributed by atoms with Crippen LogP contribution >= 0.6 is 0 Å². The highest BCUT2D eigenvalue weighted by atomic mass is 16.6. The summed E-state index contributed by atoms with van der Waals surface area (Å²) in [5.41, 5.74) is 5.58. The first kappa shape index (κ1) is 11.2. The van der Waals surface area contributed by atoms with Crippen molar-refractivity contribution in [1.29, 1.82) is 0 Å². The molecule has 0 aliphatic heterocycles. The van der Waals surface area contributed by atoms with Crippen molar-refractivity contribution in [3.05, 3.63) is 36.1 Å². The van der Waals surface area contributed by atoms with Crippen molar-refractivity contribution in [2.45, 2.75) is 13.0 Å². The minimum atomic E-state index is -0.976. The highest BCUT2D eigenvalue weighted by Gasteiger charge is 2.19. The molecule has 1 heterocycles. The quantitative estimate of drug-likeness (QED) is 0.813. The van der Waals surface area contributed by atoms with Gasteiger partial charge in [-0.05, 0) is 19.1 Å². The van der Waals surface area contributed by atoms with Crippen molar-refractivity contribution in [3.63, 3.8) is 0 Å². The van der Waals surface area contributed by atoms with Crippen molar-refractivity contribution in [2.75, 3.05) is 0 Å². The van der Waals surface area contributed by atoms with Gasteiger partial charge in [0.1, 0.15) is 5.58 Å². The lowest BCUT2D eigenvalue weighted by Crippen LogP contribution is -2.30. The Balaban J connectivity index is 2.22. The zero-order valence-corrected chi connectivity index (χ0v) is 9.17. The Morgan fingerprint density at radius 3 is 2.71 bits per heavy atom. The van der Waals surface area contributed by atoms with Gasteiger partial charge in [-0.15, -0.1) is 0 Å². The maximum atomic E-state index is 11.6. The molecule has 0 unspecified atom stereocenters. The second-order valence-electron chi connectivity index (χ2n) is 3.60. The highest BCUT2D eigenvalue weighted by Crippen LogP contribution is 2.19. The second-order valence-corrected chi connectivity index (χ2v) is 3.60. The van der Waals surface area contributed by atoms with Gasteiger partial charge in [0.05, 0.1) is 0 Å². The molecule has 0 saturated carbocycles. The molecule has 0 aliphatic carbocycles. The van der Waals surface area contributed by atoms with E-state index in [0.717, 1.165) is 5.39 Å². The van der Waals surface area contributed by atoms with Gasteiger partial charge in [0.15, 0.2) is 6.10 Å². The number of amides is 1. The van der Waals surface area contributed by atoms with E-state index in [0.29, 0.717) is 5.58 Å². The maximum Gasteiger partial charge on any atom is 0.375 e. The molecule has 0 spiro atoms. The van der Waals surface area contributed by atoms with Crippen LogP contribution in [0.3, 0.4) is 0 Å². The molecule has 5 nitrogen and oxygen atoms in total. The Hall–Kier alpha value is -2.30. The fourth-order valence-electron chi connectivity index (χ4n) is 1.36. The van der Waals surface area contributed by atoms with E-state index in [1.54, 1.807) is 18.2 Å². The van der Waals surface area contributed by atoms with E-state index in [-0.39, 0.29) is 5.76 Å². The first-order valence-electron chi connectivity index (χ1n) is 5.07. The van der Waals surface area contributed by atoms with Gasteiger partial charge in [-0.3, -0.25) is 4.79 Å². The van der Waals surface area contributed by atoms with E-state index < -0.39 is 18.0 Å². The Morgan fingerprint density at radius 1 is 1.35 bits per heavy atom. The second kappa shape index (κ2) is 4.29. The number of furan rings is 1. The van der Waals surface area contributed by atoms with Gasteiger partial charge in [-0.1, -0.05) is 18.2 Å². The zero-order valence-electron chi connectivity index (χ0n) is 9.17. The van der Waals surface area contributed by atoms with Gasteiger partial charge in [-0.25, -0.2) is 4.79 Å². The lowest BCUT2D eigenvalue weighted by atomic mass is 10.2. The number of esters is 1. The summed E-state index contributed by atoms with van der Waals surface area (Å²) in [5, 5.41) is 0.797. The van der Waals surface area contributed by atoms with Crippen LogP contribution in [-0.2, 0) is 9.53 Å². The number of benzene rings is 1. The lowest BCUT2D eigenvalue weighted by Gasteiger charge is -2.07. The number of hydrogen-bond acceptors (Lipinski definition) is 4. The number of ether oxygens (including phenoxy) is 1. The number of hydrogen-bond donors (Lipinski definition) is 1. The molecule has 1 amide bonds. The third-order valence-corrected chi connectivity index (χ3v) is 2.31. The molecule has 1 aromatic carbocycles. The smallest absolute Gasteiger partial charge is 0.375 e. The van der Waals surface area contributed by atoms with Crippen LogP contribution in [0.2, 0.25) is 0 Å². The molecule has 17 heavy (non-hydrogen) atoms. The summed E-state index contributed by atoms with van der Waals surface area (Å²) in [6.07, 6.45) is -0.976. The Morgan fingerprint density at radius 2 is 2.06 bits per heavy atom. The molecule has 0 fully saturated rings. The SMILES string of the molecule is C[C@H](OC(=O)c1cc2ccccc2o1)C(N)=O. The van der Waals surface area contributed by atoms with Gasteiger partial charge in [0.25, 0.3) is 5.91 Å². The fourth-order valence-corrected chi connectivity index (χ4v) is 1.36. The van der Waals surface area contributed by atoms with E-state index in [1.807, 2.05) is 12.1 Å². The number of carbonyl (C=O) groups excluding carboxylic acids is 2. The van der Waals surface area contributed by atoms with Crippen LogP contribution in [0.5, 0.6) is 0 Å². The zero-order chi connectivity index (χ0) is 12.4. The summed E-state index contributed by atoms with van der Waals surface area (Å²) >= 11 is 0. The number of fused-ring (bicyclic) bond motifs is 1. The molecule has 0 radical (unpaired) electrons. The van der Waals surface area contributed by atoms with Crippen LogP contribution < -0.4 is 5.73 Å². The van der Waals surface area contributed by atoms with E-state index in [9.17, 15) is 9.59 Å². The van der Waals surface area contributed by atoms with E-state index >= 15 is 0 Å². The summed E-state index contributed by atoms with van der Waals surface area (Å²) < 4.78 is 10.1. The summed E-state index contributed by atoms with van der Waals surface area (Å²) in [6, 6.07) is 8.74. The summed E-state index contributed by atoms with van der Waals surface area (Å²) in [7, 11) is 0. The largest absolute Gasteiger partial charge is 0.449 e. The maximum absolute atomic E-state index is 11.6. The van der Waals surface area contributed by atoms with Crippen molar-refractivity contribution < 1.29 is 18.7 Å². The van der Waals surface area contributed by atoms with Crippen molar-refractivity contribution in [3.8, 4) is 0 Å². The number of nitrogens with two attached hydrogens (primary N) is 1. The minimum absolute atomic E-state index is 0.0549. The standard InChI is InChI=1S/C12H11NO4/c1-7(11(13)14)16-12(15)10-6-8-4-2-3-5-9(8)17-10/h2-7H,1H3,(H2,13,14)/t7-/m0/s1. The van der Waals surface area contributed by atoms with E-state index in [1.165, 1.54) is 6.92 Å². The van der Waals surface area contributed by atoms with Crippen molar-refractivity contribution in [2.24, 2.45) is 5.73 Å². The fraction of sp³-hybridized carbons (Fsp3) is 0.167. The first-order valence-corrected chi connectivity index (χ1v) is 5.07. The monoisotopic (exact) mass is 233 g/mol. The molecule has 0 saturated heterocycles. The van der Waals surface area contributed by atoms with Gasteiger partial charge in [0, 0.05) is 5.39 Å². The summed E-state index contributed by atoms with van der Waals surface area (Å²) in [5.74, 6) is -1.35. The number of primary amides is 1. The minimum Gasteiger partial charge on any atom is -0.449 e. The molecule has 0 aliphatic rings. The molecule has 1 atom stereocenters. The van der Waals surface area contributed by atoms with Gasteiger partial charge >= 0.3 is 5.97 Å². The molecular weight excluding hydrogens is 222 g/mol. The topological polar surface area (TPSA) is 82.5 Å². The van der Waals surface area contributed by atoms with Crippen LogP contribution in [0.25, 0.3) is 11.0 Å². The molecular formula is C12H11NO4. The molecule has 2 rings (SSSR count). The molecule has 2 aromatic rings. The predicted molar refractivity (Wildman–Crippen MR) is 60.3 cm³/mol. The predicted octanol–water partition coefficient (Wildman–Crippen LogP) is 1.46. The summed E-state index contributed by atoms with van der Waals surface area (Å²) in [6.45, 7) is 1.41. The molecule has 88 valence electrons. The van der Waals surface area contributed by atoms with Crippen molar-refractivity contribution in [1.82, 2.24) is 0 Å². The molecule has 0 bridgehead atoms. The van der Waals surface area contributed by atoms with Crippen LogP contribution in [-0.4, -0.2) is 18.0 Å². The summed E-state index contributed by atoms with van der Waals surface area (Å²) in [4.78, 5) is 22.4. The van der Waals surface area contributed by atoms with Crippen LogP contribution in [0, 0.1) is 0 Å². The molecule has 2 N–H and O–H groups in total. The third kappa shape index (κ3) is 2.28. The van der Waals surface area contributed by atoms with E-state index in [2.05, 4.69) is 0 Å².